The van der Waals surface area contributed by atoms with Gasteiger partial charge in [0.25, 0.3) is 0 Å². The van der Waals surface area contributed by atoms with Crippen LogP contribution < -0.4 is 11.3 Å². The summed E-state index contributed by atoms with van der Waals surface area (Å²) in [6.07, 6.45) is 3.91. The summed E-state index contributed by atoms with van der Waals surface area (Å²) in [5, 5.41) is 0. The van der Waals surface area contributed by atoms with Gasteiger partial charge in [-0.1, -0.05) is 26.8 Å². The average Bonchev–Trinajstić information content (AvgIpc) is 2.34. The molecule has 4 heteroatoms. The number of aromatic nitrogens is 1. The molecule has 1 heterocycles. The summed E-state index contributed by atoms with van der Waals surface area (Å²) in [6, 6.07) is 5.75. The standard InChI is InChI=1S/C15H25N3O/c1-11-7-13(9-15(2,3)8-11)19-10-12-5-4-6-14(17-12)18-16/h4-6,11,13H,7-10,16H2,1-3H3,(H,17,18). The minimum Gasteiger partial charge on any atom is -0.372 e. The summed E-state index contributed by atoms with van der Waals surface area (Å²) in [5.41, 5.74) is 3.87. The van der Waals surface area contributed by atoms with Gasteiger partial charge in [-0.2, -0.15) is 0 Å². The van der Waals surface area contributed by atoms with Crippen molar-refractivity contribution < 1.29 is 4.74 Å². The van der Waals surface area contributed by atoms with Gasteiger partial charge >= 0.3 is 0 Å². The second-order valence-corrected chi connectivity index (χ2v) is 6.50. The second kappa shape index (κ2) is 5.88. The Balaban J connectivity index is 1.91. The molecule has 3 N–H and O–H groups in total. The second-order valence-electron chi connectivity index (χ2n) is 6.50. The number of hydrogen-bond donors (Lipinski definition) is 2. The molecule has 0 radical (unpaired) electrons. The van der Waals surface area contributed by atoms with Gasteiger partial charge in [0.05, 0.1) is 18.4 Å². The van der Waals surface area contributed by atoms with Gasteiger partial charge in [0.2, 0.25) is 0 Å². The fourth-order valence-corrected chi connectivity index (χ4v) is 3.23. The molecule has 0 amide bonds. The van der Waals surface area contributed by atoms with Crippen LogP contribution in [-0.4, -0.2) is 11.1 Å². The van der Waals surface area contributed by atoms with E-state index in [-0.39, 0.29) is 0 Å². The maximum atomic E-state index is 6.04. The number of nitrogens with zero attached hydrogens (tertiary/aromatic N) is 1. The summed E-state index contributed by atoms with van der Waals surface area (Å²) in [4.78, 5) is 4.37. The molecular formula is C15H25N3O. The van der Waals surface area contributed by atoms with Crippen molar-refractivity contribution in [3.8, 4) is 0 Å². The molecule has 2 unspecified atom stereocenters. The first-order chi connectivity index (χ1) is 8.98. The Kier molecular flexibility index (Phi) is 4.42. The number of nitrogens with one attached hydrogen (secondary N) is 1. The molecule has 0 aromatic carbocycles. The number of hydrazine groups is 1. The smallest absolute Gasteiger partial charge is 0.140 e. The van der Waals surface area contributed by atoms with Crippen molar-refractivity contribution in [2.24, 2.45) is 17.2 Å². The highest BCUT2D eigenvalue weighted by Gasteiger charge is 2.32. The molecule has 1 saturated carbocycles. The van der Waals surface area contributed by atoms with E-state index in [1.165, 1.54) is 6.42 Å². The molecule has 106 valence electrons. The molecule has 0 saturated heterocycles. The lowest BCUT2D eigenvalue weighted by molar-refractivity contribution is -0.0326. The topological polar surface area (TPSA) is 60.2 Å². The molecule has 4 nitrogen and oxygen atoms in total. The zero-order valence-corrected chi connectivity index (χ0v) is 12.1. The van der Waals surface area contributed by atoms with Crippen molar-refractivity contribution in [2.45, 2.75) is 52.7 Å². The normalized spacial score (nSPS) is 26.1. The Morgan fingerprint density at radius 3 is 2.89 bits per heavy atom. The minimum atomic E-state index is 0.343. The van der Waals surface area contributed by atoms with Gasteiger partial charge in [-0.3, -0.25) is 0 Å². The molecule has 1 aromatic rings. The van der Waals surface area contributed by atoms with E-state index in [9.17, 15) is 0 Å². The maximum Gasteiger partial charge on any atom is 0.140 e. The Hall–Kier alpha value is -1.13. The monoisotopic (exact) mass is 263 g/mol. The molecule has 19 heavy (non-hydrogen) atoms. The van der Waals surface area contributed by atoms with E-state index in [0.717, 1.165) is 24.5 Å². The van der Waals surface area contributed by atoms with Crippen molar-refractivity contribution >= 4 is 5.82 Å². The third-order valence-corrected chi connectivity index (χ3v) is 3.77. The van der Waals surface area contributed by atoms with Crippen LogP contribution in [0.2, 0.25) is 0 Å². The molecular weight excluding hydrogens is 238 g/mol. The number of pyridine rings is 1. The Morgan fingerprint density at radius 2 is 2.21 bits per heavy atom. The summed E-state index contributed by atoms with van der Waals surface area (Å²) >= 11 is 0. The predicted molar refractivity (Wildman–Crippen MR) is 77.4 cm³/mol. The molecule has 0 aliphatic heterocycles. The van der Waals surface area contributed by atoms with Gasteiger partial charge in [0.15, 0.2) is 0 Å². The van der Waals surface area contributed by atoms with Crippen LogP contribution in [-0.2, 0) is 11.3 Å². The summed E-state index contributed by atoms with van der Waals surface area (Å²) in [6.45, 7) is 7.53. The number of nitrogens with two attached hydrogens (primary N) is 1. The molecule has 1 fully saturated rings. The summed E-state index contributed by atoms with van der Waals surface area (Å²) < 4.78 is 6.04. The van der Waals surface area contributed by atoms with Gasteiger partial charge in [0, 0.05) is 0 Å². The molecule has 2 atom stereocenters. The van der Waals surface area contributed by atoms with Crippen LogP contribution in [0.25, 0.3) is 0 Å². The van der Waals surface area contributed by atoms with Crippen LogP contribution in [0.5, 0.6) is 0 Å². The van der Waals surface area contributed by atoms with E-state index in [1.807, 2.05) is 18.2 Å². The highest BCUT2D eigenvalue weighted by atomic mass is 16.5. The molecule has 1 aliphatic carbocycles. The first-order valence-corrected chi connectivity index (χ1v) is 7.03. The van der Waals surface area contributed by atoms with Crippen molar-refractivity contribution in [1.82, 2.24) is 4.98 Å². The number of nitrogen functional groups attached to an aromatic ring is 1. The van der Waals surface area contributed by atoms with E-state index in [2.05, 4.69) is 31.2 Å². The van der Waals surface area contributed by atoms with E-state index >= 15 is 0 Å². The lowest BCUT2D eigenvalue weighted by Crippen LogP contribution is -2.32. The highest BCUT2D eigenvalue weighted by Crippen LogP contribution is 2.39. The molecule has 0 spiro atoms. The van der Waals surface area contributed by atoms with Crippen molar-refractivity contribution in [1.29, 1.82) is 0 Å². The number of ether oxygens (including phenoxy) is 1. The lowest BCUT2D eigenvalue weighted by atomic mass is 9.71. The van der Waals surface area contributed by atoms with Gasteiger partial charge in [-0.15, -0.1) is 0 Å². The van der Waals surface area contributed by atoms with Gasteiger partial charge in [-0.05, 0) is 42.7 Å². The molecule has 0 bridgehead atoms. The fourth-order valence-electron chi connectivity index (χ4n) is 3.23. The van der Waals surface area contributed by atoms with Crippen LogP contribution in [0.4, 0.5) is 5.82 Å². The van der Waals surface area contributed by atoms with Crippen LogP contribution in [0.15, 0.2) is 18.2 Å². The van der Waals surface area contributed by atoms with Gasteiger partial charge in [-0.25, -0.2) is 10.8 Å². The number of anilines is 1. The van der Waals surface area contributed by atoms with E-state index in [0.29, 0.717) is 23.9 Å². The SMILES string of the molecule is CC1CC(OCc2cccc(NN)n2)CC(C)(C)C1. The van der Waals surface area contributed by atoms with E-state index in [4.69, 9.17) is 10.6 Å². The van der Waals surface area contributed by atoms with Gasteiger partial charge < -0.3 is 10.2 Å². The largest absolute Gasteiger partial charge is 0.372 e. The number of hydrogen-bond acceptors (Lipinski definition) is 4. The van der Waals surface area contributed by atoms with Crippen molar-refractivity contribution in [3.63, 3.8) is 0 Å². The van der Waals surface area contributed by atoms with Crippen LogP contribution in [0.3, 0.4) is 0 Å². The highest BCUT2D eigenvalue weighted by molar-refractivity contribution is 5.33. The Morgan fingerprint density at radius 1 is 1.42 bits per heavy atom. The van der Waals surface area contributed by atoms with E-state index < -0.39 is 0 Å². The van der Waals surface area contributed by atoms with Crippen LogP contribution in [0, 0.1) is 11.3 Å². The zero-order valence-electron chi connectivity index (χ0n) is 12.1. The van der Waals surface area contributed by atoms with Crippen molar-refractivity contribution in [3.05, 3.63) is 23.9 Å². The van der Waals surface area contributed by atoms with E-state index in [1.54, 1.807) is 0 Å². The minimum absolute atomic E-state index is 0.343. The molecule has 2 rings (SSSR count). The van der Waals surface area contributed by atoms with Crippen LogP contribution in [0.1, 0.15) is 45.7 Å². The Bertz CT molecular complexity index is 420. The van der Waals surface area contributed by atoms with Crippen LogP contribution >= 0.6 is 0 Å². The third-order valence-electron chi connectivity index (χ3n) is 3.77. The predicted octanol–water partition coefficient (Wildman–Crippen LogP) is 3.10. The van der Waals surface area contributed by atoms with Crippen molar-refractivity contribution in [2.75, 3.05) is 5.43 Å². The third kappa shape index (κ3) is 4.18. The molecule has 1 aromatic heterocycles. The molecule has 1 aliphatic rings. The summed E-state index contributed by atoms with van der Waals surface area (Å²) in [7, 11) is 0. The quantitative estimate of drug-likeness (QED) is 0.647. The average molecular weight is 263 g/mol. The zero-order chi connectivity index (χ0) is 13.9. The Labute approximate surface area is 115 Å². The van der Waals surface area contributed by atoms with Gasteiger partial charge in [0.1, 0.15) is 5.82 Å². The lowest BCUT2D eigenvalue weighted by Gasteiger charge is -2.38. The first kappa shape index (κ1) is 14.3. The number of rotatable bonds is 4. The fraction of sp³-hybridized carbons (Fsp3) is 0.667. The summed E-state index contributed by atoms with van der Waals surface area (Å²) in [5.74, 6) is 6.77. The first-order valence-electron chi connectivity index (χ1n) is 7.03. The maximum absolute atomic E-state index is 6.04.